The van der Waals surface area contributed by atoms with Gasteiger partial charge in [-0.2, -0.15) is 0 Å². The topological polar surface area (TPSA) is 361 Å². The molecule has 2 aliphatic carbocycles. The van der Waals surface area contributed by atoms with Crippen molar-refractivity contribution in [3.8, 4) is 0 Å². The van der Waals surface area contributed by atoms with E-state index in [1.165, 1.54) is 4.90 Å². The Bertz CT molecular complexity index is 3430. The first-order valence-corrected chi connectivity index (χ1v) is 35.7. The minimum Gasteiger partial charge on any atom is -0.479 e. The average molecular weight is 1390 g/mol. The second kappa shape index (κ2) is 35.7. The monoisotopic (exact) mass is 1390 g/mol. The SMILES string of the molecule is CC(C)C[C@H](NC(=O)[C@H]1CCCN1C(=O)C1(NC(=O)[C@@H](NC(=O)[C@H](CCCNC=O)NC(=O)[C@H](CC(C)C)NC(=O)[C@H]2CCCN2)C(C)C)[C@H](c2ccccc2)[C@H]1c1ccccc1)C(=O)N[C@@H](CCCNC=O)C(=O)N[C@H](C(=O)NC1(C(=O)O)[C@H](c2ccccc2)[C@H]1c1ccccc1)C(C)C. The van der Waals surface area contributed by atoms with Crippen molar-refractivity contribution < 1.29 is 62.6 Å². The first-order chi connectivity index (χ1) is 48.4. The maximum Gasteiger partial charge on any atom is 0.330 e. The molecule has 0 unspecified atom stereocenters. The van der Waals surface area contributed by atoms with Gasteiger partial charge in [0.2, 0.25) is 66.0 Å². The van der Waals surface area contributed by atoms with Crippen molar-refractivity contribution in [1.29, 1.82) is 0 Å². The fourth-order valence-electron chi connectivity index (χ4n) is 14.7. The van der Waals surface area contributed by atoms with Crippen LogP contribution >= 0.6 is 0 Å². The summed E-state index contributed by atoms with van der Waals surface area (Å²) in [7, 11) is 0. The molecule has 2 saturated carbocycles. The van der Waals surface area contributed by atoms with Gasteiger partial charge in [0, 0.05) is 43.3 Å². The van der Waals surface area contributed by atoms with Gasteiger partial charge in [-0.3, -0.25) is 52.7 Å². The normalized spacial score (nSPS) is 23.0. The van der Waals surface area contributed by atoms with Crippen LogP contribution in [0.4, 0.5) is 0 Å². The zero-order valence-corrected chi connectivity index (χ0v) is 59.1. The van der Waals surface area contributed by atoms with Gasteiger partial charge in [0.25, 0.3) is 0 Å². The Kier molecular flexibility index (Phi) is 27.3. The number of hydrogen-bond acceptors (Lipinski definition) is 13. The van der Waals surface area contributed by atoms with E-state index in [2.05, 4.69) is 58.5 Å². The molecule has 4 aliphatic rings. The Morgan fingerprint density at radius 1 is 0.475 bits per heavy atom. The molecule has 2 heterocycles. The molecule has 25 nitrogen and oxygen atoms in total. The molecule has 4 aromatic carbocycles. The highest BCUT2D eigenvalue weighted by atomic mass is 16.4. The van der Waals surface area contributed by atoms with Crippen LogP contribution in [0, 0.1) is 23.7 Å². The maximum atomic E-state index is 16.2. The summed E-state index contributed by atoms with van der Waals surface area (Å²) in [4.78, 5) is 171. The largest absolute Gasteiger partial charge is 0.479 e. The average Bonchev–Trinajstić information content (AvgIpc) is 1.52. The van der Waals surface area contributed by atoms with Crippen molar-refractivity contribution in [2.24, 2.45) is 23.7 Å². The van der Waals surface area contributed by atoms with Crippen molar-refractivity contribution in [2.45, 2.75) is 203 Å². The molecule has 101 heavy (non-hydrogen) atoms. The third-order valence-corrected chi connectivity index (χ3v) is 19.8. The number of rotatable bonds is 38. The number of carbonyl (C=O) groups is 12. The van der Waals surface area contributed by atoms with E-state index in [-0.39, 0.29) is 82.3 Å². The highest BCUT2D eigenvalue weighted by molar-refractivity contribution is 6.04. The van der Waals surface area contributed by atoms with E-state index < -0.39 is 148 Å². The van der Waals surface area contributed by atoms with Crippen LogP contribution in [-0.2, 0) is 57.5 Å². The van der Waals surface area contributed by atoms with Gasteiger partial charge in [-0.05, 0) is 117 Å². The lowest BCUT2D eigenvalue weighted by atomic mass is 9.98. The summed E-state index contributed by atoms with van der Waals surface area (Å²) in [6.45, 7) is 15.4. The Labute approximate surface area is 591 Å². The van der Waals surface area contributed by atoms with E-state index in [0.29, 0.717) is 54.5 Å². The number of likely N-dealkylation sites (tertiary alicyclic amines) is 1. The summed E-state index contributed by atoms with van der Waals surface area (Å²) in [6, 6.07) is 27.2. The van der Waals surface area contributed by atoms with Crippen LogP contribution in [0.25, 0.3) is 0 Å². The number of hydrogen-bond donors (Lipinski definition) is 12. The van der Waals surface area contributed by atoms with E-state index >= 15 is 14.4 Å². The van der Waals surface area contributed by atoms with Crippen LogP contribution in [-0.4, -0.2) is 168 Å². The quantitative estimate of drug-likeness (QED) is 0.0223. The number of nitrogens with one attached hydrogen (secondary N) is 11. The number of aliphatic carboxylic acids is 1. The van der Waals surface area contributed by atoms with Crippen molar-refractivity contribution in [1.82, 2.24) is 63.4 Å². The number of amides is 11. The van der Waals surface area contributed by atoms with Gasteiger partial charge >= 0.3 is 5.97 Å². The van der Waals surface area contributed by atoms with Crippen LogP contribution < -0.4 is 58.5 Å². The standard InChI is InChI=1S/C76H102N12O13/c1-45(2)41-56(82-65(91)53-33-23-39-79-53)68(94)80-54(34-21-37-77-43-89)66(92)84-63(47(5)6)71(97)86-75(59(49-25-13-9-14-26-49)60(75)50-27-15-10-16-28-50)73(99)88-40-24-36-58(88)70(96)83-57(42-46(3)4)69(95)81-55(35-22-38-78-44-90)67(93)85-64(48(7)8)72(98)87-76(74(100)101)61(51-29-17-11-18-30-51)62(76)52-31-19-12-20-32-52/h9-20,25-32,43-48,53-64,79H,21-24,33-42H2,1-8H3,(H,77,89)(H,78,90)(H,80,94)(H,81,95)(H,82,91)(H,83,96)(H,84,92)(H,85,93)(H,86,97)(H,87,98)(H,100,101)/t53-,54+,55+,56+,57+,58-,59-,60-,61-,62-,63+,64+/m1/s1. The summed E-state index contributed by atoms with van der Waals surface area (Å²) in [5.41, 5.74) is -0.764. The van der Waals surface area contributed by atoms with Crippen molar-refractivity contribution in [3.05, 3.63) is 144 Å². The molecule has 0 aromatic heterocycles. The van der Waals surface area contributed by atoms with E-state index in [1.807, 2.05) is 100 Å². The molecule has 12 N–H and O–H groups in total. The number of nitrogens with zero attached hydrogens (tertiary/aromatic N) is 1. The lowest BCUT2D eigenvalue weighted by Crippen LogP contribution is -2.62. The first-order valence-electron chi connectivity index (χ1n) is 35.7. The molecule has 2 saturated heterocycles. The lowest BCUT2D eigenvalue weighted by Gasteiger charge is -2.33. The van der Waals surface area contributed by atoms with Crippen molar-refractivity contribution in [3.63, 3.8) is 0 Å². The molecule has 0 radical (unpaired) electrons. The molecular formula is C76H102N12O13. The third kappa shape index (κ3) is 18.9. The molecule has 544 valence electrons. The Balaban J connectivity index is 1.04. The molecule has 25 heteroatoms. The molecular weight excluding hydrogens is 1290 g/mol. The summed E-state index contributed by atoms with van der Waals surface area (Å²) in [5, 5.41) is 42.5. The van der Waals surface area contributed by atoms with Gasteiger partial charge in [0.15, 0.2) is 5.54 Å². The minimum absolute atomic E-state index is 0.0316. The van der Waals surface area contributed by atoms with Crippen molar-refractivity contribution in [2.75, 3.05) is 26.2 Å². The van der Waals surface area contributed by atoms with E-state index in [9.17, 15) is 48.3 Å². The molecule has 4 aromatic rings. The number of benzene rings is 4. The second-order valence-electron chi connectivity index (χ2n) is 28.8. The third-order valence-electron chi connectivity index (χ3n) is 19.8. The van der Waals surface area contributed by atoms with Crippen LogP contribution in [0.1, 0.15) is 166 Å². The fourth-order valence-corrected chi connectivity index (χ4v) is 14.7. The first kappa shape index (κ1) is 77.2. The molecule has 0 spiro atoms. The molecule has 2 aliphatic heterocycles. The molecule has 0 bridgehead atoms. The lowest BCUT2D eigenvalue weighted by molar-refractivity contribution is -0.144. The van der Waals surface area contributed by atoms with Crippen LogP contribution in [0.3, 0.4) is 0 Å². The summed E-state index contributed by atoms with van der Waals surface area (Å²) in [6.07, 6.45) is 3.69. The van der Waals surface area contributed by atoms with Gasteiger partial charge < -0.3 is 68.5 Å². The van der Waals surface area contributed by atoms with Crippen LogP contribution in [0.5, 0.6) is 0 Å². The molecule has 12 atom stereocenters. The van der Waals surface area contributed by atoms with Gasteiger partial charge in [-0.15, -0.1) is 0 Å². The summed E-state index contributed by atoms with van der Waals surface area (Å²) >= 11 is 0. The Hall–Kier alpha value is -9.52. The number of carboxylic acid groups (broad SMARTS) is 1. The smallest absolute Gasteiger partial charge is 0.330 e. The summed E-state index contributed by atoms with van der Waals surface area (Å²) in [5.74, 6) is -11.4. The second-order valence-corrected chi connectivity index (χ2v) is 28.8. The zero-order chi connectivity index (χ0) is 73.1. The zero-order valence-electron chi connectivity index (χ0n) is 59.1. The van der Waals surface area contributed by atoms with Gasteiger partial charge in [-0.25, -0.2) is 4.79 Å². The van der Waals surface area contributed by atoms with Crippen LogP contribution in [0.15, 0.2) is 121 Å². The van der Waals surface area contributed by atoms with Crippen molar-refractivity contribution >= 4 is 72.0 Å². The summed E-state index contributed by atoms with van der Waals surface area (Å²) < 4.78 is 0. The van der Waals surface area contributed by atoms with Gasteiger partial charge in [-0.1, -0.05) is 177 Å². The predicted molar refractivity (Wildman–Crippen MR) is 379 cm³/mol. The van der Waals surface area contributed by atoms with E-state index in [4.69, 9.17) is 0 Å². The maximum absolute atomic E-state index is 16.2. The highest BCUT2D eigenvalue weighted by Gasteiger charge is 2.74. The number of carboxylic acids is 1. The minimum atomic E-state index is -1.79. The highest BCUT2D eigenvalue weighted by Crippen LogP contribution is 2.65. The van der Waals surface area contributed by atoms with E-state index in [0.717, 1.165) is 6.42 Å². The Morgan fingerprint density at radius 3 is 1.21 bits per heavy atom. The number of carbonyl (C=O) groups excluding carboxylic acids is 11. The van der Waals surface area contributed by atoms with E-state index in [1.54, 1.807) is 76.2 Å². The van der Waals surface area contributed by atoms with Gasteiger partial charge in [0.05, 0.1) is 6.04 Å². The molecule has 8 rings (SSSR count). The Morgan fingerprint density at radius 2 is 0.851 bits per heavy atom. The molecule has 4 fully saturated rings. The van der Waals surface area contributed by atoms with Crippen LogP contribution in [0.2, 0.25) is 0 Å². The molecule has 11 amide bonds. The fraction of sp³-hybridized carbons (Fsp3) is 0.526. The van der Waals surface area contributed by atoms with Gasteiger partial charge in [0.1, 0.15) is 47.8 Å². The predicted octanol–water partition coefficient (Wildman–Crippen LogP) is 4.05.